The van der Waals surface area contributed by atoms with Gasteiger partial charge in [0, 0.05) is 24.5 Å². The monoisotopic (exact) mass is 295 g/mol. The van der Waals surface area contributed by atoms with E-state index in [1.807, 2.05) is 11.3 Å². The van der Waals surface area contributed by atoms with Crippen molar-refractivity contribution in [2.45, 2.75) is 58.3 Å². The van der Waals surface area contributed by atoms with Crippen LogP contribution in [0.1, 0.15) is 50.1 Å². The zero-order chi connectivity index (χ0) is 14.1. The van der Waals surface area contributed by atoms with Gasteiger partial charge >= 0.3 is 0 Å². The Morgan fingerprint density at radius 1 is 1.35 bits per heavy atom. The second-order valence-electron chi connectivity index (χ2n) is 6.10. The van der Waals surface area contributed by atoms with E-state index in [9.17, 15) is 0 Å². The first kappa shape index (κ1) is 14.3. The molecule has 1 aromatic heterocycles. The van der Waals surface area contributed by atoms with E-state index in [-0.39, 0.29) is 0 Å². The fourth-order valence-electron chi connectivity index (χ4n) is 3.07. The fourth-order valence-corrected chi connectivity index (χ4v) is 4.28. The summed E-state index contributed by atoms with van der Waals surface area (Å²) in [5.41, 5.74) is 1.27. The molecule has 4 nitrogen and oxygen atoms in total. The van der Waals surface area contributed by atoms with E-state index >= 15 is 0 Å². The Bertz CT molecular complexity index is 448. The first-order chi connectivity index (χ1) is 9.67. The van der Waals surface area contributed by atoms with Gasteiger partial charge in [-0.05, 0) is 25.3 Å². The number of hydrogen-bond acceptors (Lipinski definition) is 5. The molecule has 2 aliphatic heterocycles. The van der Waals surface area contributed by atoms with Crippen molar-refractivity contribution in [1.29, 1.82) is 0 Å². The van der Waals surface area contributed by atoms with Gasteiger partial charge in [-0.3, -0.25) is 0 Å². The summed E-state index contributed by atoms with van der Waals surface area (Å²) in [6.45, 7) is 10.6. The lowest BCUT2D eigenvalue weighted by Gasteiger charge is -2.31. The fraction of sp³-hybridized carbons (Fsp3) is 0.800. The van der Waals surface area contributed by atoms with Crippen LogP contribution >= 0.6 is 11.3 Å². The zero-order valence-electron chi connectivity index (χ0n) is 12.7. The summed E-state index contributed by atoms with van der Waals surface area (Å²) >= 11 is 1.86. The van der Waals surface area contributed by atoms with Crippen molar-refractivity contribution in [2.24, 2.45) is 0 Å². The number of nitrogens with zero attached hydrogens (tertiary/aromatic N) is 2. The van der Waals surface area contributed by atoms with Gasteiger partial charge in [-0.1, -0.05) is 20.8 Å². The number of fused-ring (bicyclic) bond motifs is 2. The summed E-state index contributed by atoms with van der Waals surface area (Å²) in [6, 6.07) is 0. The molecule has 5 heteroatoms. The van der Waals surface area contributed by atoms with Crippen LogP contribution in [0.4, 0.5) is 5.13 Å². The third-order valence-electron chi connectivity index (χ3n) is 4.11. The molecule has 0 spiro atoms. The molecule has 112 valence electrons. The number of anilines is 1. The summed E-state index contributed by atoms with van der Waals surface area (Å²) in [6.07, 6.45) is 3.29. The van der Waals surface area contributed by atoms with Crippen LogP contribution in [0.25, 0.3) is 0 Å². The Morgan fingerprint density at radius 3 is 2.65 bits per heavy atom. The van der Waals surface area contributed by atoms with Crippen LogP contribution in [0.5, 0.6) is 0 Å². The zero-order valence-corrected chi connectivity index (χ0v) is 13.5. The van der Waals surface area contributed by atoms with Crippen LogP contribution in [0.3, 0.4) is 0 Å². The molecule has 0 radical (unpaired) electrons. The van der Waals surface area contributed by atoms with Crippen molar-refractivity contribution in [3.63, 3.8) is 0 Å². The van der Waals surface area contributed by atoms with E-state index in [2.05, 4.69) is 31.0 Å². The van der Waals surface area contributed by atoms with Crippen LogP contribution < -0.4 is 10.2 Å². The van der Waals surface area contributed by atoms with Gasteiger partial charge in [0.1, 0.15) is 0 Å². The third kappa shape index (κ3) is 2.85. The smallest absolute Gasteiger partial charge is 0.186 e. The topological polar surface area (TPSA) is 37.4 Å². The number of rotatable bonds is 5. The van der Waals surface area contributed by atoms with E-state index in [0.29, 0.717) is 18.1 Å². The number of ether oxygens (including phenoxy) is 1. The lowest BCUT2D eigenvalue weighted by Crippen LogP contribution is -2.42. The Morgan fingerprint density at radius 2 is 2.05 bits per heavy atom. The molecular weight excluding hydrogens is 270 g/mol. The lowest BCUT2D eigenvalue weighted by atomic mass is 10.1. The van der Waals surface area contributed by atoms with Crippen LogP contribution in [0, 0.1) is 0 Å². The van der Waals surface area contributed by atoms with Crippen molar-refractivity contribution in [3.8, 4) is 0 Å². The van der Waals surface area contributed by atoms with Crippen molar-refractivity contribution in [1.82, 2.24) is 10.3 Å². The average Bonchev–Trinajstić information content (AvgIpc) is 3.00. The third-order valence-corrected chi connectivity index (χ3v) is 5.24. The minimum atomic E-state index is 0.428. The highest BCUT2D eigenvalue weighted by Crippen LogP contribution is 2.35. The molecule has 1 N–H and O–H groups in total. The van der Waals surface area contributed by atoms with Crippen LogP contribution in [0.2, 0.25) is 0 Å². The Balaban J connectivity index is 1.79. The van der Waals surface area contributed by atoms with E-state index in [1.165, 1.54) is 28.5 Å². The first-order valence-electron chi connectivity index (χ1n) is 7.78. The van der Waals surface area contributed by atoms with E-state index in [1.54, 1.807) is 0 Å². The minimum absolute atomic E-state index is 0.428. The largest absolute Gasteiger partial charge is 0.371 e. The highest BCUT2D eigenvalue weighted by molar-refractivity contribution is 7.15. The molecule has 2 saturated heterocycles. The van der Waals surface area contributed by atoms with Crippen molar-refractivity contribution >= 4 is 16.5 Å². The normalized spacial score (nSPS) is 25.7. The molecule has 3 heterocycles. The summed E-state index contributed by atoms with van der Waals surface area (Å²) in [5, 5.41) is 4.63. The maximum atomic E-state index is 5.92. The maximum Gasteiger partial charge on any atom is 0.186 e. The molecule has 20 heavy (non-hydrogen) atoms. The molecule has 3 rings (SSSR count). The summed E-state index contributed by atoms with van der Waals surface area (Å²) in [4.78, 5) is 8.77. The molecule has 2 unspecified atom stereocenters. The molecule has 2 atom stereocenters. The molecule has 0 aliphatic carbocycles. The SMILES string of the molecule is CCNCc1sc(N2CC3CCC(C2)O3)nc1C(C)C. The van der Waals surface area contributed by atoms with Crippen LogP contribution in [-0.2, 0) is 11.3 Å². The first-order valence-corrected chi connectivity index (χ1v) is 8.59. The number of morpholine rings is 1. The van der Waals surface area contributed by atoms with E-state index in [0.717, 1.165) is 26.2 Å². The second-order valence-corrected chi connectivity index (χ2v) is 7.16. The second kappa shape index (κ2) is 6.00. The van der Waals surface area contributed by atoms with Gasteiger partial charge in [0.15, 0.2) is 5.13 Å². The maximum absolute atomic E-state index is 5.92. The Labute approximate surface area is 125 Å². The summed E-state index contributed by atoms with van der Waals surface area (Å²) in [5.74, 6) is 0.492. The van der Waals surface area contributed by atoms with Gasteiger partial charge in [-0.2, -0.15) is 0 Å². The summed E-state index contributed by atoms with van der Waals surface area (Å²) in [7, 11) is 0. The molecule has 1 aromatic rings. The molecule has 2 fully saturated rings. The van der Waals surface area contributed by atoms with Gasteiger partial charge in [0.25, 0.3) is 0 Å². The van der Waals surface area contributed by atoms with Crippen LogP contribution in [-0.4, -0.2) is 36.8 Å². The van der Waals surface area contributed by atoms with Crippen molar-refractivity contribution in [2.75, 3.05) is 24.5 Å². The van der Waals surface area contributed by atoms with Crippen LogP contribution in [0.15, 0.2) is 0 Å². The quantitative estimate of drug-likeness (QED) is 0.906. The van der Waals surface area contributed by atoms with Gasteiger partial charge in [-0.15, -0.1) is 11.3 Å². The molecular formula is C15H25N3OS. The molecule has 2 bridgehead atoms. The average molecular weight is 295 g/mol. The lowest BCUT2D eigenvalue weighted by molar-refractivity contribution is 0.0305. The predicted octanol–water partition coefficient (Wildman–Crippen LogP) is 2.74. The highest BCUT2D eigenvalue weighted by atomic mass is 32.1. The number of hydrogen-bond donors (Lipinski definition) is 1. The van der Waals surface area contributed by atoms with E-state index in [4.69, 9.17) is 9.72 Å². The molecule has 0 amide bonds. The number of aromatic nitrogens is 1. The van der Waals surface area contributed by atoms with Crippen molar-refractivity contribution < 1.29 is 4.74 Å². The van der Waals surface area contributed by atoms with Crippen molar-refractivity contribution in [3.05, 3.63) is 10.6 Å². The Hall–Kier alpha value is -0.650. The Kier molecular flexibility index (Phi) is 4.29. The van der Waals surface area contributed by atoms with Gasteiger partial charge in [0.05, 0.1) is 17.9 Å². The molecule has 2 aliphatic rings. The standard InChI is InChI=1S/C15H25N3OS/c1-4-16-7-13-14(10(2)3)17-15(20-13)18-8-11-5-6-12(9-18)19-11/h10-12,16H,4-9H2,1-3H3. The molecule has 0 saturated carbocycles. The van der Waals surface area contributed by atoms with E-state index < -0.39 is 0 Å². The van der Waals surface area contributed by atoms with Gasteiger partial charge in [-0.25, -0.2) is 4.98 Å². The number of thiazole rings is 1. The predicted molar refractivity (Wildman–Crippen MR) is 83.7 cm³/mol. The number of nitrogens with one attached hydrogen (secondary N) is 1. The molecule has 0 aromatic carbocycles. The van der Waals surface area contributed by atoms with Gasteiger partial charge < -0.3 is 15.0 Å². The van der Waals surface area contributed by atoms with Gasteiger partial charge in [0.2, 0.25) is 0 Å². The highest BCUT2D eigenvalue weighted by Gasteiger charge is 2.35. The summed E-state index contributed by atoms with van der Waals surface area (Å²) < 4.78 is 5.92. The minimum Gasteiger partial charge on any atom is -0.371 e.